The van der Waals surface area contributed by atoms with Gasteiger partial charge in [-0.1, -0.05) is 27.7 Å². The normalized spacial score (nSPS) is 11.0. The molecule has 5 heteroatoms. The van der Waals surface area contributed by atoms with Gasteiger partial charge < -0.3 is 14.8 Å². The van der Waals surface area contributed by atoms with Crippen LogP contribution in [-0.2, 0) is 14.3 Å². The molecule has 0 aliphatic carbocycles. The fourth-order valence-corrected chi connectivity index (χ4v) is 0.956. The zero-order chi connectivity index (χ0) is 17.5. The first-order valence-electron chi connectivity index (χ1n) is 7.39. The predicted octanol–water partition coefficient (Wildman–Crippen LogP) is 3.42. The Hall–Kier alpha value is -1.54. The largest absolute Gasteiger partial charge is 0.453 e. The first-order valence-corrected chi connectivity index (χ1v) is 7.39. The summed E-state index contributed by atoms with van der Waals surface area (Å²) in [5.41, 5.74) is 0. The number of ether oxygens (including phenoxy) is 2. The Labute approximate surface area is 130 Å². The maximum atomic E-state index is 10.2. The minimum Gasteiger partial charge on any atom is -0.453 e. The lowest BCUT2D eigenvalue weighted by Crippen LogP contribution is -2.27. The van der Waals surface area contributed by atoms with Gasteiger partial charge in [-0.3, -0.25) is 4.79 Å². The van der Waals surface area contributed by atoms with Gasteiger partial charge in [0.05, 0.1) is 13.7 Å². The molecule has 0 bridgehead atoms. The minimum absolute atomic E-state index is 0.0344. The van der Waals surface area contributed by atoms with E-state index in [1.807, 2.05) is 27.7 Å². The molecular formula is C16H33NO4. The Morgan fingerprint density at radius 2 is 1.48 bits per heavy atom. The molecule has 0 saturated carbocycles. The summed E-state index contributed by atoms with van der Waals surface area (Å²) in [6.07, 6.45) is 11.4. The van der Waals surface area contributed by atoms with Crippen LogP contribution < -0.4 is 5.32 Å². The van der Waals surface area contributed by atoms with Crippen LogP contribution in [0.5, 0.6) is 0 Å². The van der Waals surface area contributed by atoms with Gasteiger partial charge in [0, 0.05) is 13.2 Å². The molecule has 1 amide bonds. The third-order valence-electron chi connectivity index (χ3n) is 1.74. The number of nitrogens with one attached hydrogen (secondary N) is 1. The quantitative estimate of drug-likeness (QED) is 0.794. The zero-order valence-corrected chi connectivity index (χ0v) is 14.5. The Morgan fingerprint density at radius 1 is 1.05 bits per heavy atom. The molecule has 1 heterocycles. The fourth-order valence-electron chi connectivity index (χ4n) is 0.956. The lowest BCUT2D eigenvalue weighted by Gasteiger charge is -2.08. The molecule has 0 radical (unpaired) electrons. The summed E-state index contributed by atoms with van der Waals surface area (Å²) >= 11 is 0. The SMILES string of the molecule is C#C.C1CCOCC1.CC.CC.COC(=O)NCC(C)=O. The number of hydrogen-bond donors (Lipinski definition) is 1. The zero-order valence-electron chi connectivity index (χ0n) is 14.5. The standard InChI is InChI=1S/C5H9NO3.C5H10O.2C2H6.C2H2/c1-4(7)3-6-5(8)9-2;1-2-4-6-5-3-1;3*1-2/h3H2,1-2H3,(H,6,8);1-5H2;2*1-2H3;1-2H. The van der Waals surface area contributed by atoms with E-state index in [1.54, 1.807) is 0 Å². The van der Waals surface area contributed by atoms with Gasteiger partial charge in [-0.2, -0.15) is 0 Å². The first kappa shape index (κ1) is 27.7. The van der Waals surface area contributed by atoms with E-state index in [4.69, 9.17) is 4.74 Å². The van der Waals surface area contributed by atoms with Crippen molar-refractivity contribution in [2.24, 2.45) is 0 Å². The van der Waals surface area contributed by atoms with Crippen LogP contribution in [0.3, 0.4) is 0 Å². The number of carbonyl (C=O) groups is 2. The number of ketones is 1. The molecule has 5 nitrogen and oxygen atoms in total. The van der Waals surface area contributed by atoms with Crippen molar-refractivity contribution >= 4 is 11.9 Å². The number of Topliss-reactive ketones (excluding diaryl/α,β-unsaturated/α-hetero) is 1. The highest BCUT2D eigenvalue weighted by atomic mass is 16.5. The van der Waals surface area contributed by atoms with Crippen molar-refractivity contribution in [1.29, 1.82) is 0 Å². The second-order valence-electron chi connectivity index (χ2n) is 3.22. The third kappa shape index (κ3) is 38.1. The smallest absolute Gasteiger partial charge is 0.407 e. The fraction of sp³-hybridized carbons (Fsp3) is 0.750. The highest BCUT2D eigenvalue weighted by Crippen LogP contribution is 2.02. The maximum Gasteiger partial charge on any atom is 0.407 e. The van der Waals surface area contributed by atoms with E-state index in [2.05, 4.69) is 22.9 Å². The highest BCUT2D eigenvalue weighted by Gasteiger charge is 1.97. The van der Waals surface area contributed by atoms with Gasteiger partial charge in [0.25, 0.3) is 0 Å². The van der Waals surface area contributed by atoms with E-state index in [9.17, 15) is 9.59 Å². The average Bonchev–Trinajstić information content (AvgIpc) is 2.60. The molecule has 126 valence electrons. The summed E-state index contributed by atoms with van der Waals surface area (Å²) in [6.45, 7) is 11.4. The Kier molecular flexibility index (Phi) is 41.0. The van der Waals surface area contributed by atoms with Crippen molar-refractivity contribution in [2.45, 2.75) is 53.9 Å². The highest BCUT2D eigenvalue weighted by molar-refractivity contribution is 5.81. The van der Waals surface area contributed by atoms with Gasteiger partial charge in [-0.05, 0) is 26.2 Å². The van der Waals surface area contributed by atoms with Crippen LogP contribution in [0.15, 0.2) is 0 Å². The maximum absolute atomic E-state index is 10.2. The summed E-state index contributed by atoms with van der Waals surface area (Å²) in [5.74, 6) is -0.0969. The average molecular weight is 303 g/mol. The van der Waals surface area contributed by atoms with Gasteiger partial charge >= 0.3 is 6.09 Å². The van der Waals surface area contributed by atoms with Crippen molar-refractivity contribution in [1.82, 2.24) is 5.32 Å². The second kappa shape index (κ2) is 31.1. The van der Waals surface area contributed by atoms with E-state index in [1.165, 1.54) is 33.3 Å². The minimum atomic E-state index is -0.579. The summed E-state index contributed by atoms with van der Waals surface area (Å²) in [6, 6.07) is 0. The van der Waals surface area contributed by atoms with E-state index in [0.29, 0.717) is 0 Å². The van der Waals surface area contributed by atoms with Crippen LogP contribution in [0, 0.1) is 12.8 Å². The van der Waals surface area contributed by atoms with Gasteiger partial charge in [-0.25, -0.2) is 4.79 Å². The Morgan fingerprint density at radius 3 is 1.67 bits per heavy atom. The number of methoxy groups -OCH3 is 1. The second-order valence-corrected chi connectivity index (χ2v) is 3.22. The molecule has 0 aromatic rings. The van der Waals surface area contributed by atoms with Gasteiger partial charge in [0.1, 0.15) is 5.78 Å². The Bertz CT molecular complexity index is 212. The molecule has 0 aromatic heterocycles. The lowest BCUT2D eigenvalue weighted by molar-refractivity contribution is -0.116. The van der Waals surface area contributed by atoms with E-state index >= 15 is 0 Å². The van der Waals surface area contributed by atoms with Crippen LogP contribution in [0.1, 0.15) is 53.9 Å². The van der Waals surface area contributed by atoms with Gasteiger partial charge in [-0.15, -0.1) is 12.8 Å². The molecule has 0 spiro atoms. The summed E-state index contributed by atoms with van der Waals surface area (Å²) in [7, 11) is 1.25. The number of hydrogen-bond acceptors (Lipinski definition) is 4. The van der Waals surface area contributed by atoms with Crippen LogP contribution >= 0.6 is 0 Å². The van der Waals surface area contributed by atoms with Crippen molar-refractivity contribution < 1.29 is 19.1 Å². The van der Waals surface area contributed by atoms with Crippen LogP contribution in [0.25, 0.3) is 0 Å². The third-order valence-corrected chi connectivity index (χ3v) is 1.74. The van der Waals surface area contributed by atoms with Crippen LogP contribution in [0.2, 0.25) is 0 Å². The van der Waals surface area contributed by atoms with Gasteiger partial charge in [0.15, 0.2) is 0 Å². The van der Waals surface area contributed by atoms with E-state index in [0.717, 1.165) is 13.2 Å². The van der Waals surface area contributed by atoms with E-state index in [-0.39, 0.29) is 12.3 Å². The first-order chi connectivity index (χ1) is 10.2. The number of rotatable bonds is 2. The summed E-state index contributed by atoms with van der Waals surface area (Å²) < 4.78 is 9.27. The molecular weight excluding hydrogens is 270 g/mol. The number of carbonyl (C=O) groups excluding carboxylic acids is 2. The van der Waals surface area contributed by atoms with Gasteiger partial charge in [0.2, 0.25) is 0 Å². The molecule has 1 rings (SSSR count). The lowest BCUT2D eigenvalue weighted by atomic mass is 10.2. The van der Waals surface area contributed by atoms with Crippen molar-refractivity contribution in [3.05, 3.63) is 0 Å². The molecule has 1 saturated heterocycles. The van der Waals surface area contributed by atoms with Crippen molar-refractivity contribution in [2.75, 3.05) is 26.9 Å². The molecule has 1 N–H and O–H groups in total. The monoisotopic (exact) mass is 303 g/mol. The summed E-state index contributed by atoms with van der Waals surface area (Å²) in [5, 5.41) is 2.22. The summed E-state index contributed by atoms with van der Waals surface area (Å²) in [4.78, 5) is 20.4. The Balaban J connectivity index is -0.000000104. The van der Waals surface area contributed by atoms with E-state index < -0.39 is 6.09 Å². The predicted molar refractivity (Wildman–Crippen MR) is 88.3 cm³/mol. The molecule has 21 heavy (non-hydrogen) atoms. The molecule has 1 fully saturated rings. The molecule has 1 aliphatic heterocycles. The van der Waals surface area contributed by atoms with Crippen molar-refractivity contribution in [3.8, 4) is 12.8 Å². The molecule has 0 aromatic carbocycles. The number of alkyl carbamates (subject to hydrolysis) is 1. The number of terminal acetylenes is 1. The topological polar surface area (TPSA) is 64.6 Å². The molecule has 0 unspecified atom stereocenters. The molecule has 0 atom stereocenters. The van der Waals surface area contributed by atoms with Crippen molar-refractivity contribution in [3.63, 3.8) is 0 Å². The van der Waals surface area contributed by atoms with Crippen LogP contribution in [-0.4, -0.2) is 38.7 Å². The van der Waals surface area contributed by atoms with Crippen LogP contribution in [0.4, 0.5) is 4.79 Å². The number of amides is 1. The molecule has 1 aliphatic rings.